The zero-order valence-electron chi connectivity index (χ0n) is 9.51. The molecular weight excluding hydrogens is 198 g/mol. The molecule has 0 saturated carbocycles. The Hall–Kier alpha value is 0.230. The number of nitrogens with one attached hydrogen (secondary N) is 1. The highest BCUT2D eigenvalue weighted by molar-refractivity contribution is 7.99. The number of hydrogen-bond acceptors (Lipinski definition) is 4. The maximum atomic E-state index is 9.22. The molecule has 0 aliphatic heterocycles. The van der Waals surface area contributed by atoms with E-state index in [9.17, 15) is 5.11 Å². The fourth-order valence-electron chi connectivity index (χ4n) is 1.18. The minimum atomic E-state index is -0.132. The quantitative estimate of drug-likeness (QED) is 0.573. The maximum absolute atomic E-state index is 9.22. The number of ether oxygens (including phenoxy) is 1. The molecule has 0 amide bonds. The smallest absolute Gasteiger partial charge is 0.0618 e. The van der Waals surface area contributed by atoms with Crippen molar-refractivity contribution < 1.29 is 9.84 Å². The van der Waals surface area contributed by atoms with Crippen molar-refractivity contribution >= 4 is 11.8 Å². The zero-order valence-corrected chi connectivity index (χ0v) is 10.3. The van der Waals surface area contributed by atoms with Gasteiger partial charge in [0.1, 0.15) is 0 Å². The lowest BCUT2D eigenvalue weighted by Crippen LogP contribution is -2.48. The molecule has 0 aliphatic rings. The van der Waals surface area contributed by atoms with Gasteiger partial charge >= 0.3 is 0 Å². The molecule has 0 spiro atoms. The molecule has 86 valence electrons. The predicted molar refractivity (Wildman–Crippen MR) is 63.0 cm³/mol. The molecule has 4 heteroatoms. The van der Waals surface area contributed by atoms with E-state index in [0.29, 0.717) is 0 Å². The van der Waals surface area contributed by atoms with Gasteiger partial charge in [0.25, 0.3) is 0 Å². The van der Waals surface area contributed by atoms with Crippen LogP contribution < -0.4 is 5.32 Å². The third-order valence-electron chi connectivity index (χ3n) is 2.01. The first-order valence-corrected chi connectivity index (χ1v) is 6.26. The predicted octanol–water partition coefficient (Wildman–Crippen LogP) is 1.12. The molecule has 0 aromatic rings. The van der Waals surface area contributed by atoms with Gasteiger partial charge in [-0.05, 0) is 25.6 Å². The second-order valence-corrected chi connectivity index (χ2v) is 4.75. The Morgan fingerprint density at radius 2 is 2.21 bits per heavy atom. The summed E-state index contributed by atoms with van der Waals surface area (Å²) in [7, 11) is 1.72. The summed E-state index contributed by atoms with van der Waals surface area (Å²) >= 11 is 1.86. The van der Waals surface area contributed by atoms with Crippen LogP contribution in [0, 0.1) is 0 Å². The number of likely N-dealkylation sites (N-methyl/N-ethyl adjacent to an activating group) is 1. The fraction of sp³-hybridized carbons (Fsp3) is 1.00. The molecule has 0 aromatic carbocycles. The highest BCUT2D eigenvalue weighted by Gasteiger charge is 2.21. The monoisotopic (exact) mass is 221 g/mol. The Balaban J connectivity index is 3.51. The minimum absolute atomic E-state index is 0.132. The van der Waals surface area contributed by atoms with Gasteiger partial charge in [0, 0.05) is 25.0 Å². The second-order valence-electron chi connectivity index (χ2n) is 3.65. The maximum Gasteiger partial charge on any atom is 0.0618 e. The van der Waals surface area contributed by atoms with Crippen LogP contribution in [-0.4, -0.2) is 49.0 Å². The van der Waals surface area contributed by atoms with Crippen LogP contribution in [0.2, 0.25) is 0 Å². The molecule has 14 heavy (non-hydrogen) atoms. The first kappa shape index (κ1) is 14.2. The normalized spacial score (nSPS) is 15.4. The van der Waals surface area contributed by atoms with Crippen molar-refractivity contribution in [1.82, 2.24) is 5.32 Å². The topological polar surface area (TPSA) is 41.5 Å². The highest BCUT2D eigenvalue weighted by Crippen LogP contribution is 2.13. The summed E-state index contributed by atoms with van der Waals surface area (Å²) in [4.78, 5) is 0. The van der Waals surface area contributed by atoms with Gasteiger partial charge in [-0.1, -0.05) is 6.92 Å². The van der Waals surface area contributed by atoms with Gasteiger partial charge in [0.15, 0.2) is 0 Å². The molecule has 0 heterocycles. The number of rotatable bonds is 9. The van der Waals surface area contributed by atoms with E-state index in [1.165, 1.54) is 0 Å². The summed E-state index contributed by atoms with van der Waals surface area (Å²) in [5.74, 6) is 2.04. The molecule has 1 unspecified atom stereocenters. The van der Waals surface area contributed by atoms with Gasteiger partial charge in [0.05, 0.1) is 6.61 Å². The van der Waals surface area contributed by atoms with E-state index in [2.05, 4.69) is 19.2 Å². The standard InChI is InChI=1S/C10H23NO2S/c1-4-11-10(2,8-12)9-14-7-5-6-13-3/h11-12H,4-9H2,1-3H3. The van der Waals surface area contributed by atoms with Crippen molar-refractivity contribution in [2.75, 3.05) is 38.4 Å². The van der Waals surface area contributed by atoms with Crippen LogP contribution in [0.3, 0.4) is 0 Å². The van der Waals surface area contributed by atoms with Gasteiger partial charge in [-0.3, -0.25) is 0 Å². The van der Waals surface area contributed by atoms with Crippen LogP contribution >= 0.6 is 11.8 Å². The summed E-state index contributed by atoms with van der Waals surface area (Å²) in [5.41, 5.74) is -0.132. The fourth-order valence-corrected chi connectivity index (χ4v) is 2.29. The number of hydrogen-bond donors (Lipinski definition) is 2. The summed E-state index contributed by atoms with van der Waals surface area (Å²) in [6.45, 7) is 6.03. The lowest BCUT2D eigenvalue weighted by Gasteiger charge is -2.27. The Bertz CT molecular complexity index is 135. The third-order valence-corrected chi connectivity index (χ3v) is 3.43. The zero-order chi connectivity index (χ0) is 10.9. The molecule has 0 aliphatic carbocycles. The van der Waals surface area contributed by atoms with E-state index < -0.39 is 0 Å². The summed E-state index contributed by atoms with van der Waals surface area (Å²) in [5, 5.41) is 12.5. The van der Waals surface area contributed by atoms with Crippen LogP contribution in [-0.2, 0) is 4.74 Å². The number of aliphatic hydroxyl groups excluding tert-OH is 1. The van der Waals surface area contributed by atoms with Crippen LogP contribution in [0.25, 0.3) is 0 Å². The van der Waals surface area contributed by atoms with E-state index in [0.717, 1.165) is 31.1 Å². The Labute approximate surface area is 91.6 Å². The molecule has 0 bridgehead atoms. The molecule has 0 rings (SSSR count). The van der Waals surface area contributed by atoms with E-state index in [1.54, 1.807) is 7.11 Å². The van der Waals surface area contributed by atoms with E-state index >= 15 is 0 Å². The first-order valence-electron chi connectivity index (χ1n) is 5.11. The molecule has 3 nitrogen and oxygen atoms in total. The van der Waals surface area contributed by atoms with Gasteiger partial charge in [-0.25, -0.2) is 0 Å². The lowest BCUT2D eigenvalue weighted by molar-refractivity contribution is 0.193. The Kier molecular flexibility index (Phi) is 8.67. The van der Waals surface area contributed by atoms with Crippen molar-refractivity contribution in [3.63, 3.8) is 0 Å². The van der Waals surface area contributed by atoms with E-state index in [-0.39, 0.29) is 12.1 Å². The summed E-state index contributed by atoms with van der Waals surface area (Å²) < 4.78 is 4.97. The molecule has 0 radical (unpaired) electrons. The molecule has 2 N–H and O–H groups in total. The molecule has 0 fully saturated rings. The number of methoxy groups -OCH3 is 1. The van der Waals surface area contributed by atoms with Crippen molar-refractivity contribution in [1.29, 1.82) is 0 Å². The second kappa shape index (κ2) is 8.53. The average molecular weight is 221 g/mol. The van der Waals surface area contributed by atoms with Crippen LogP contribution in [0.4, 0.5) is 0 Å². The van der Waals surface area contributed by atoms with Gasteiger partial charge in [-0.15, -0.1) is 0 Å². The van der Waals surface area contributed by atoms with Crippen LogP contribution in [0.5, 0.6) is 0 Å². The van der Waals surface area contributed by atoms with Crippen LogP contribution in [0.1, 0.15) is 20.3 Å². The average Bonchev–Trinajstić information content (AvgIpc) is 2.18. The van der Waals surface area contributed by atoms with Gasteiger partial charge in [0.2, 0.25) is 0 Å². The van der Waals surface area contributed by atoms with Crippen molar-refractivity contribution in [2.24, 2.45) is 0 Å². The third kappa shape index (κ3) is 6.65. The number of aliphatic hydroxyl groups is 1. The van der Waals surface area contributed by atoms with Gasteiger partial charge in [-0.2, -0.15) is 11.8 Å². The molecule has 0 saturated heterocycles. The lowest BCUT2D eigenvalue weighted by atomic mass is 10.1. The minimum Gasteiger partial charge on any atom is -0.394 e. The highest BCUT2D eigenvalue weighted by atomic mass is 32.2. The SMILES string of the molecule is CCNC(C)(CO)CSCCCOC. The van der Waals surface area contributed by atoms with Crippen LogP contribution in [0.15, 0.2) is 0 Å². The Morgan fingerprint density at radius 3 is 2.71 bits per heavy atom. The largest absolute Gasteiger partial charge is 0.394 e. The Morgan fingerprint density at radius 1 is 1.50 bits per heavy atom. The van der Waals surface area contributed by atoms with E-state index in [1.807, 2.05) is 11.8 Å². The van der Waals surface area contributed by atoms with Crippen molar-refractivity contribution in [3.8, 4) is 0 Å². The van der Waals surface area contributed by atoms with Crippen molar-refractivity contribution in [3.05, 3.63) is 0 Å². The molecular formula is C10H23NO2S. The molecule has 1 atom stereocenters. The van der Waals surface area contributed by atoms with E-state index in [4.69, 9.17) is 4.74 Å². The van der Waals surface area contributed by atoms with Gasteiger partial charge < -0.3 is 15.2 Å². The summed E-state index contributed by atoms with van der Waals surface area (Å²) in [6.07, 6.45) is 1.08. The molecule has 0 aromatic heterocycles. The number of thioether (sulfide) groups is 1. The first-order chi connectivity index (χ1) is 6.68. The summed E-state index contributed by atoms with van der Waals surface area (Å²) in [6, 6.07) is 0. The van der Waals surface area contributed by atoms with Crippen molar-refractivity contribution in [2.45, 2.75) is 25.8 Å².